The highest BCUT2D eigenvalue weighted by Gasteiger charge is 2.11. The number of aldehydes is 1. The molecular formula is C15H12Cl2F2O3. The fraction of sp³-hybridized carbons (Fsp3) is 0.133. The highest BCUT2D eigenvalue weighted by Crippen LogP contribution is 2.28. The van der Waals surface area contributed by atoms with Crippen molar-refractivity contribution in [3.8, 4) is 11.5 Å². The van der Waals surface area contributed by atoms with Crippen molar-refractivity contribution >= 4 is 29.5 Å². The maximum atomic E-state index is 13.1. The Balaban J connectivity index is 0.000000224. The van der Waals surface area contributed by atoms with Crippen molar-refractivity contribution in [3.63, 3.8) is 0 Å². The van der Waals surface area contributed by atoms with Gasteiger partial charge in [0.05, 0.1) is 29.8 Å². The molecule has 0 radical (unpaired) electrons. The first kappa shape index (κ1) is 18.2. The molecular weight excluding hydrogens is 337 g/mol. The molecule has 0 aliphatic carbocycles. The molecule has 0 saturated heterocycles. The minimum absolute atomic E-state index is 0.0590. The second kappa shape index (κ2) is 8.56. The van der Waals surface area contributed by atoms with E-state index in [1.807, 2.05) is 0 Å². The number of benzene rings is 2. The van der Waals surface area contributed by atoms with E-state index >= 15 is 0 Å². The van der Waals surface area contributed by atoms with Gasteiger partial charge in [-0.05, 0) is 24.3 Å². The number of hydrogen-bond donors (Lipinski definition) is 0. The smallest absolute Gasteiger partial charge is 0.177 e. The molecule has 0 aliphatic heterocycles. The van der Waals surface area contributed by atoms with Gasteiger partial charge in [-0.3, -0.25) is 4.79 Å². The summed E-state index contributed by atoms with van der Waals surface area (Å²) in [6.45, 7) is 0. The summed E-state index contributed by atoms with van der Waals surface area (Å²) in [5.74, 6) is -1.15. The first-order valence-electron chi connectivity index (χ1n) is 5.91. The summed E-state index contributed by atoms with van der Waals surface area (Å²) in [5.41, 5.74) is -0.0590. The van der Waals surface area contributed by atoms with E-state index in [4.69, 9.17) is 23.2 Å². The second-order valence-electron chi connectivity index (χ2n) is 3.86. The summed E-state index contributed by atoms with van der Waals surface area (Å²) in [7, 11) is 2.67. The number of carbonyl (C=O) groups excluding carboxylic acids is 1. The summed E-state index contributed by atoms with van der Waals surface area (Å²) < 4.78 is 35.1. The average Bonchev–Trinajstić information content (AvgIpc) is 2.49. The molecule has 7 heteroatoms. The van der Waals surface area contributed by atoms with Crippen LogP contribution >= 0.6 is 23.2 Å². The molecule has 0 heterocycles. The zero-order valence-corrected chi connectivity index (χ0v) is 13.2. The van der Waals surface area contributed by atoms with Gasteiger partial charge in [0.25, 0.3) is 0 Å². The van der Waals surface area contributed by atoms with E-state index in [1.165, 1.54) is 38.5 Å². The summed E-state index contributed by atoms with van der Waals surface area (Å²) in [4.78, 5) is 10.3. The number of carbonyl (C=O) groups is 1. The van der Waals surface area contributed by atoms with Crippen LogP contribution in [-0.4, -0.2) is 20.5 Å². The molecule has 0 N–H and O–H groups in total. The van der Waals surface area contributed by atoms with Gasteiger partial charge in [0, 0.05) is 0 Å². The van der Waals surface area contributed by atoms with Crippen LogP contribution in [0, 0.1) is 11.6 Å². The zero-order valence-electron chi connectivity index (χ0n) is 11.7. The van der Waals surface area contributed by atoms with Crippen molar-refractivity contribution in [1.82, 2.24) is 0 Å². The van der Waals surface area contributed by atoms with Gasteiger partial charge in [-0.1, -0.05) is 29.3 Å². The molecule has 0 bridgehead atoms. The predicted molar refractivity (Wildman–Crippen MR) is 81.3 cm³/mol. The van der Waals surface area contributed by atoms with Crippen molar-refractivity contribution in [3.05, 3.63) is 57.6 Å². The first-order valence-corrected chi connectivity index (χ1v) is 6.67. The van der Waals surface area contributed by atoms with Crippen LogP contribution in [0.3, 0.4) is 0 Å². The number of rotatable bonds is 3. The third-order valence-corrected chi connectivity index (χ3v) is 3.13. The van der Waals surface area contributed by atoms with Crippen molar-refractivity contribution in [1.29, 1.82) is 0 Å². The van der Waals surface area contributed by atoms with Crippen LogP contribution in [0.5, 0.6) is 11.5 Å². The lowest BCUT2D eigenvalue weighted by atomic mass is 10.2. The molecule has 0 unspecified atom stereocenters. The molecule has 0 saturated carbocycles. The van der Waals surface area contributed by atoms with E-state index in [2.05, 4.69) is 9.47 Å². The minimum atomic E-state index is -0.722. The van der Waals surface area contributed by atoms with Crippen LogP contribution in [0.15, 0.2) is 30.3 Å². The molecule has 118 valence electrons. The first-order chi connectivity index (χ1) is 10.5. The normalized spacial score (nSPS) is 9.55. The van der Waals surface area contributed by atoms with Gasteiger partial charge in [-0.15, -0.1) is 0 Å². The number of methoxy groups -OCH3 is 2. The predicted octanol–water partition coefficient (Wildman–Crippen LogP) is 4.79. The Kier molecular flexibility index (Phi) is 7.08. The number of halogens is 4. The van der Waals surface area contributed by atoms with Gasteiger partial charge in [0.2, 0.25) is 0 Å². The van der Waals surface area contributed by atoms with E-state index in [0.29, 0.717) is 11.3 Å². The molecule has 0 spiro atoms. The summed E-state index contributed by atoms with van der Waals surface area (Å²) in [6.07, 6.45) is 0.411. The molecule has 2 aromatic rings. The van der Waals surface area contributed by atoms with Crippen LogP contribution < -0.4 is 9.47 Å². The summed E-state index contributed by atoms with van der Waals surface area (Å²) in [5, 5.41) is 0.447. The van der Waals surface area contributed by atoms with Gasteiger partial charge < -0.3 is 9.47 Å². The van der Waals surface area contributed by atoms with E-state index in [1.54, 1.807) is 6.07 Å². The van der Waals surface area contributed by atoms with Gasteiger partial charge in [-0.2, -0.15) is 0 Å². The Morgan fingerprint density at radius 1 is 0.955 bits per heavy atom. The third-order valence-electron chi connectivity index (χ3n) is 2.53. The quantitative estimate of drug-likeness (QED) is 0.748. The molecule has 2 aromatic carbocycles. The zero-order chi connectivity index (χ0) is 16.7. The van der Waals surface area contributed by atoms with Gasteiger partial charge in [-0.25, -0.2) is 8.78 Å². The maximum absolute atomic E-state index is 13.1. The monoisotopic (exact) mass is 348 g/mol. The summed E-state index contributed by atoms with van der Waals surface area (Å²) in [6, 6.07) is 7.11. The SMILES string of the molecule is COc1c(Cl)ccc(C=O)c1F.COc1c(F)cccc1Cl. The molecule has 22 heavy (non-hydrogen) atoms. The highest BCUT2D eigenvalue weighted by atomic mass is 35.5. The van der Waals surface area contributed by atoms with Crippen LogP contribution in [-0.2, 0) is 0 Å². The molecule has 0 fully saturated rings. The Hall–Kier alpha value is -1.85. The molecule has 0 atom stereocenters. The van der Waals surface area contributed by atoms with E-state index < -0.39 is 11.6 Å². The maximum Gasteiger partial charge on any atom is 0.177 e. The molecule has 0 aliphatic rings. The number of ether oxygens (including phenoxy) is 2. The van der Waals surface area contributed by atoms with Crippen LogP contribution in [0.1, 0.15) is 10.4 Å². The van der Waals surface area contributed by atoms with Gasteiger partial charge in [0.15, 0.2) is 29.4 Å². The van der Waals surface area contributed by atoms with Crippen LogP contribution in [0.25, 0.3) is 0 Å². The minimum Gasteiger partial charge on any atom is -0.492 e. The van der Waals surface area contributed by atoms with Gasteiger partial charge >= 0.3 is 0 Å². The standard InChI is InChI=1S/C8H6ClFO2.C7H6ClFO/c1-12-8-6(9)3-2-5(4-11)7(8)10;1-10-7-5(8)3-2-4-6(7)9/h2-4H,1H3;2-4H,1H3. The number of hydrogen-bond acceptors (Lipinski definition) is 3. The van der Waals surface area contributed by atoms with E-state index in [0.717, 1.165) is 0 Å². The lowest BCUT2D eigenvalue weighted by Crippen LogP contribution is -1.94. The lowest BCUT2D eigenvalue weighted by molar-refractivity contribution is 0.111. The Bertz CT molecular complexity index is 643. The Morgan fingerprint density at radius 2 is 1.55 bits per heavy atom. The highest BCUT2D eigenvalue weighted by molar-refractivity contribution is 6.32. The Morgan fingerprint density at radius 3 is 2.00 bits per heavy atom. The lowest BCUT2D eigenvalue weighted by Gasteiger charge is -2.04. The van der Waals surface area contributed by atoms with Crippen molar-refractivity contribution < 1.29 is 23.0 Å². The van der Waals surface area contributed by atoms with Crippen molar-refractivity contribution in [2.45, 2.75) is 0 Å². The molecule has 3 nitrogen and oxygen atoms in total. The van der Waals surface area contributed by atoms with Gasteiger partial charge in [0.1, 0.15) is 0 Å². The average molecular weight is 349 g/mol. The van der Waals surface area contributed by atoms with E-state index in [-0.39, 0.29) is 22.1 Å². The fourth-order valence-corrected chi connectivity index (χ4v) is 1.97. The second-order valence-corrected chi connectivity index (χ2v) is 4.67. The topological polar surface area (TPSA) is 35.5 Å². The third kappa shape index (κ3) is 4.32. The molecule has 0 aromatic heterocycles. The molecule has 2 rings (SSSR count). The fourth-order valence-electron chi connectivity index (χ4n) is 1.50. The van der Waals surface area contributed by atoms with Crippen LogP contribution in [0.2, 0.25) is 10.0 Å². The van der Waals surface area contributed by atoms with E-state index in [9.17, 15) is 13.6 Å². The molecule has 0 amide bonds. The number of para-hydroxylation sites is 1. The Labute approximate surface area is 136 Å². The van der Waals surface area contributed by atoms with Crippen molar-refractivity contribution in [2.75, 3.05) is 14.2 Å². The summed E-state index contributed by atoms with van der Waals surface area (Å²) >= 11 is 11.1. The van der Waals surface area contributed by atoms with Crippen LogP contribution in [0.4, 0.5) is 8.78 Å². The largest absolute Gasteiger partial charge is 0.492 e. The van der Waals surface area contributed by atoms with Crippen molar-refractivity contribution in [2.24, 2.45) is 0 Å².